The van der Waals surface area contributed by atoms with Crippen molar-refractivity contribution in [1.82, 2.24) is 5.32 Å². The molecule has 2 N–H and O–H groups in total. The second-order valence-corrected chi connectivity index (χ2v) is 5.25. The van der Waals surface area contributed by atoms with Crippen LogP contribution in [-0.4, -0.2) is 11.8 Å². The van der Waals surface area contributed by atoms with Gasteiger partial charge in [-0.3, -0.25) is 9.59 Å². The monoisotopic (exact) mass is 288 g/mol. The Hall–Kier alpha value is -2.10. The fourth-order valence-electron chi connectivity index (χ4n) is 1.65. The number of allylic oxidation sites excluding steroid dienone is 1. The van der Waals surface area contributed by atoms with Gasteiger partial charge in [-0.05, 0) is 30.2 Å². The molecule has 0 saturated carbocycles. The Morgan fingerprint density at radius 3 is 2.71 bits per heavy atom. The smallest absolute Gasteiger partial charge is 0.243 e. The zero-order chi connectivity index (χ0) is 15.7. The summed E-state index contributed by atoms with van der Waals surface area (Å²) < 4.78 is 0. The third-order valence-corrected chi connectivity index (χ3v) is 2.91. The van der Waals surface area contributed by atoms with E-state index in [2.05, 4.69) is 17.6 Å². The van der Waals surface area contributed by atoms with Gasteiger partial charge in [0.15, 0.2) is 0 Å². The summed E-state index contributed by atoms with van der Waals surface area (Å²) in [6, 6.07) is 7.49. The number of carbonyl (C=O) groups is 2. The lowest BCUT2D eigenvalue weighted by molar-refractivity contribution is -0.119. The molecule has 1 aromatic rings. The molecule has 0 unspecified atom stereocenters. The summed E-state index contributed by atoms with van der Waals surface area (Å²) >= 11 is 0. The van der Waals surface area contributed by atoms with E-state index < -0.39 is 0 Å². The first-order valence-corrected chi connectivity index (χ1v) is 7.37. The molecular formula is C17H24N2O2. The quantitative estimate of drug-likeness (QED) is 0.757. The molecule has 0 bridgehead atoms. The van der Waals surface area contributed by atoms with E-state index in [-0.39, 0.29) is 17.7 Å². The van der Waals surface area contributed by atoms with Gasteiger partial charge < -0.3 is 10.6 Å². The van der Waals surface area contributed by atoms with Gasteiger partial charge in [-0.2, -0.15) is 0 Å². The van der Waals surface area contributed by atoms with Gasteiger partial charge in [-0.15, -0.1) is 0 Å². The van der Waals surface area contributed by atoms with Crippen LogP contribution >= 0.6 is 0 Å². The normalized spacial score (nSPS) is 10.9. The van der Waals surface area contributed by atoms with Crippen LogP contribution in [0.15, 0.2) is 36.4 Å². The van der Waals surface area contributed by atoms with Gasteiger partial charge >= 0.3 is 0 Å². The van der Waals surface area contributed by atoms with Crippen molar-refractivity contribution in [3.63, 3.8) is 0 Å². The van der Waals surface area contributed by atoms with Crippen LogP contribution in [0.25, 0.3) is 0 Å². The first kappa shape index (κ1) is 17.0. The minimum absolute atomic E-state index is 0.0151. The van der Waals surface area contributed by atoms with Crippen LogP contribution in [0.3, 0.4) is 0 Å². The number of carbonyl (C=O) groups excluding carboxylic acids is 2. The Bertz CT molecular complexity index is 507. The molecule has 21 heavy (non-hydrogen) atoms. The van der Waals surface area contributed by atoms with E-state index in [0.29, 0.717) is 6.54 Å². The number of rotatable bonds is 7. The maximum atomic E-state index is 11.6. The topological polar surface area (TPSA) is 58.2 Å². The van der Waals surface area contributed by atoms with Gasteiger partial charge in [0.05, 0.1) is 0 Å². The van der Waals surface area contributed by atoms with Crippen molar-refractivity contribution in [2.24, 2.45) is 5.92 Å². The molecule has 2 amide bonds. The third-order valence-electron chi connectivity index (χ3n) is 2.91. The highest BCUT2D eigenvalue weighted by Gasteiger charge is 2.07. The Labute approximate surface area is 126 Å². The van der Waals surface area contributed by atoms with Crippen molar-refractivity contribution in [2.45, 2.75) is 40.2 Å². The Morgan fingerprint density at radius 2 is 2.05 bits per heavy atom. The number of unbranched alkanes of at least 4 members (excludes halogenated alkanes) is 1. The van der Waals surface area contributed by atoms with Crippen molar-refractivity contribution in [3.8, 4) is 0 Å². The standard InChI is InChI=1S/C17H24N2O2/c1-4-5-6-10-16(20)18-12-14-8-7-9-15(11-14)19-17(21)13(2)3/h6-11,13H,4-5,12H2,1-3H3,(H,18,20)(H,19,21)/b10-6+. The lowest BCUT2D eigenvalue weighted by Crippen LogP contribution is -2.21. The minimum atomic E-state index is -0.0972. The number of nitrogens with one attached hydrogen (secondary N) is 2. The first-order chi connectivity index (χ1) is 10.0. The molecule has 4 heteroatoms. The molecule has 0 saturated heterocycles. The molecule has 0 atom stereocenters. The zero-order valence-electron chi connectivity index (χ0n) is 13.0. The predicted octanol–water partition coefficient (Wildman–Crippen LogP) is 3.25. The number of benzene rings is 1. The summed E-state index contributed by atoms with van der Waals surface area (Å²) in [5, 5.41) is 5.67. The molecule has 4 nitrogen and oxygen atoms in total. The van der Waals surface area contributed by atoms with E-state index >= 15 is 0 Å². The van der Waals surface area contributed by atoms with E-state index in [1.54, 1.807) is 6.08 Å². The number of anilines is 1. The van der Waals surface area contributed by atoms with Crippen LogP contribution in [-0.2, 0) is 16.1 Å². The van der Waals surface area contributed by atoms with Crippen LogP contribution in [0, 0.1) is 5.92 Å². The molecule has 0 aliphatic carbocycles. The van der Waals surface area contributed by atoms with Gasteiger partial charge in [-0.25, -0.2) is 0 Å². The van der Waals surface area contributed by atoms with Crippen LogP contribution in [0.2, 0.25) is 0 Å². The average Bonchev–Trinajstić information content (AvgIpc) is 2.45. The Kier molecular flexibility index (Phi) is 7.23. The molecule has 0 aliphatic heterocycles. The molecule has 0 fully saturated rings. The number of amides is 2. The highest BCUT2D eigenvalue weighted by molar-refractivity contribution is 5.92. The second kappa shape index (κ2) is 8.95. The van der Waals surface area contributed by atoms with E-state index in [0.717, 1.165) is 24.1 Å². The second-order valence-electron chi connectivity index (χ2n) is 5.25. The molecule has 0 aromatic heterocycles. The summed E-state index contributed by atoms with van der Waals surface area (Å²) in [7, 11) is 0. The van der Waals surface area contributed by atoms with Crippen molar-refractivity contribution in [1.29, 1.82) is 0 Å². The summed E-state index contributed by atoms with van der Waals surface area (Å²) in [4.78, 5) is 23.2. The molecule has 0 radical (unpaired) electrons. The number of hydrogen-bond acceptors (Lipinski definition) is 2. The zero-order valence-corrected chi connectivity index (χ0v) is 13.0. The van der Waals surface area contributed by atoms with Crippen LogP contribution in [0.4, 0.5) is 5.69 Å². The summed E-state index contributed by atoms with van der Waals surface area (Å²) in [5.74, 6) is -0.171. The van der Waals surface area contributed by atoms with Gasteiger partial charge in [0.2, 0.25) is 11.8 Å². The van der Waals surface area contributed by atoms with Gasteiger partial charge in [0.25, 0.3) is 0 Å². The highest BCUT2D eigenvalue weighted by atomic mass is 16.2. The third kappa shape index (κ3) is 6.75. The molecule has 0 aliphatic rings. The molecule has 114 valence electrons. The maximum Gasteiger partial charge on any atom is 0.243 e. The lowest BCUT2D eigenvalue weighted by atomic mass is 10.1. The lowest BCUT2D eigenvalue weighted by Gasteiger charge is -2.09. The SMILES string of the molecule is CCC/C=C/C(=O)NCc1cccc(NC(=O)C(C)C)c1. The van der Waals surface area contributed by atoms with Gasteiger partial charge in [-0.1, -0.05) is 45.4 Å². The largest absolute Gasteiger partial charge is 0.348 e. The fraction of sp³-hybridized carbons (Fsp3) is 0.412. The maximum absolute atomic E-state index is 11.6. The number of hydrogen-bond donors (Lipinski definition) is 2. The molecule has 1 rings (SSSR count). The molecule has 1 aromatic carbocycles. The summed E-state index contributed by atoms with van der Waals surface area (Å²) in [6.07, 6.45) is 5.37. The summed E-state index contributed by atoms with van der Waals surface area (Å²) in [5.41, 5.74) is 1.70. The molecule has 0 spiro atoms. The van der Waals surface area contributed by atoms with Crippen LogP contribution in [0.1, 0.15) is 39.2 Å². The van der Waals surface area contributed by atoms with Gasteiger partial charge in [0, 0.05) is 18.2 Å². The first-order valence-electron chi connectivity index (χ1n) is 7.37. The van der Waals surface area contributed by atoms with E-state index in [1.807, 2.05) is 44.2 Å². The van der Waals surface area contributed by atoms with E-state index in [4.69, 9.17) is 0 Å². The molecule has 0 heterocycles. The highest BCUT2D eigenvalue weighted by Crippen LogP contribution is 2.11. The van der Waals surface area contributed by atoms with E-state index in [1.165, 1.54) is 0 Å². The average molecular weight is 288 g/mol. The van der Waals surface area contributed by atoms with E-state index in [9.17, 15) is 9.59 Å². The van der Waals surface area contributed by atoms with Crippen molar-refractivity contribution in [3.05, 3.63) is 42.0 Å². The van der Waals surface area contributed by atoms with Crippen molar-refractivity contribution < 1.29 is 9.59 Å². The Balaban J connectivity index is 2.53. The predicted molar refractivity (Wildman–Crippen MR) is 85.8 cm³/mol. The molecular weight excluding hydrogens is 264 g/mol. The van der Waals surface area contributed by atoms with Gasteiger partial charge in [0.1, 0.15) is 0 Å². The van der Waals surface area contributed by atoms with Crippen LogP contribution < -0.4 is 10.6 Å². The van der Waals surface area contributed by atoms with Crippen molar-refractivity contribution >= 4 is 17.5 Å². The minimum Gasteiger partial charge on any atom is -0.348 e. The fourth-order valence-corrected chi connectivity index (χ4v) is 1.65. The van der Waals surface area contributed by atoms with Crippen molar-refractivity contribution in [2.75, 3.05) is 5.32 Å². The Morgan fingerprint density at radius 1 is 1.29 bits per heavy atom. The summed E-state index contributed by atoms with van der Waals surface area (Å²) in [6.45, 7) is 6.21. The van der Waals surface area contributed by atoms with Crippen LogP contribution in [0.5, 0.6) is 0 Å².